The van der Waals surface area contributed by atoms with Gasteiger partial charge < -0.3 is 0 Å². The highest BCUT2D eigenvalue weighted by Crippen LogP contribution is 2.44. The second-order valence-corrected chi connectivity index (χ2v) is 4.57. The fourth-order valence-corrected chi connectivity index (χ4v) is 3.01. The summed E-state index contributed by atoms with van der Waals surface area (Å²) in [5.41, 5.74) is 1.59. The normalized spacial score (nSPS) is 41.2. The molecule has 13 heavy (non-hydrogen) atoms. The molecule has 0 heteroatoms. The van der Waals surface area contributed by atoms with Gasteiger partial charge in [-0.3, -0.25) is 0 Å². The molecule has 0 saturated carbocycles. The molecular formula is C13H16. The van der Waals surface area contributed by atoms with Crippen molar-refractivity contribution >= 4 is 0 Å². The van der Waals surface area contributed by atoms with Gasteiger partial charge >= 0.3 is 0 Å². The maximum absolute atomic E-state index is 2.52. The first kappa shape index (κ1) is 7.61. The van der Waals surface area contributed by atoms with Crippen molar-refractivity contribution in [2.24, 2.45) is 17.8 Å². The third kappa shape index (κ3) is 1.20. The van der Waals surface area contributed by atoms with Crippen molar-refractivity contribution in [2.75, 3.05) is 0 Å². The molecule has 0 radical (unpaired) electrons. The van der Waals surface area contributed by atoms with Crippen molar-refractivity contribution in [1.29, 1.82) is 0 Å². The van der Waals surface area contributed by atoms with Gasteiger partial charge in [0.15, 0.2) is 0 Å². The predicted octanol–water partition coefficient (Wildman–Crippen LogP) is 3.48. The van der Waals surface area contributed by atoms with Gasteiger partial charge in [0.2, 0.25) is 0 Å². The van der Waals surface area contributed by atoms with E-state index in [2.05, 4.69) is 30.4 Å². The molecule has 0 fully saturated rings. The summed E-state index contributed by atoms with van der Waals surface area (Å²) in [6, 6.07) is 0. The number of rotatable bonds is 1. The van der Waals surface area contributed by atoms with Crippen molar-refractivity contribution in [3.05, 3.63) is 36.0 Å². The Balaban J connectivity index is 1.80. The van der Waals surface area contributed by atoms with E-state index in [9.17, 15) is 0 Å². The molecule has 0 amide bonds. The summed E-state index contributed by atoms with van der Waals surface area (Å²) in [6.07, 6.45) is 17.5. The average molecular weight is 172 g/mol. The summed E-state index contributed by atoms with van der Waals surface area (Å²) in [6.45, 7) is 0. The van der Waals surface area contributed by atoms with Crippen LogP contribution < -0.4 is 0 Å². The van der Waals surface area contributed by atoms with Gasteiger partial charge in [0.25, 0.3) is 0 Å². The van der Waals surface area contributed by atoms with Crippen molar-refractivity contribution in [3.63, 3.8) is 0 Å². The van der Waals surface area contributed by atoms with E-state index in [0.29, 0.717) is 0 Å². The first-order valence-corrected chi connectivity index (χ1v) is 5.49. The lowest BCUT2D eigenvalue weighted by molar-refractivity contribution is 0.362. The van der Waals surface area contributed by atoms with Crippen molar-refractivity contribution in [1.82, 2.24) is 0 Å². The zero-order chi connectivity index (χ0) is 8.67. The van der Waals surface area contributed by atoms with E-state index < -0.39 is 0 Å². The van der Waals surface area contributed by atoms with E-state index in [1.54, 1.807) is 5.57 Å². The molecule has 0 N–H and O–H groups in total. The van der Waals surface area contributed by atoms with Gasteiger partial charge in [-0.2, -0.15) is 0 Å². The molecule has 0 aromatic rings. The summed E-state index contributed by atoms with van der Waals surface area (Å²) >= 11 is 0. The molecule has 0 heterocycles. The van der Waals surface area contributed by atoms with Gasteiger partial charge in [-0.1, -0.05) is 36.0 Å². The summed E-state index contributed by atoms with van der Waals surface area (Å²) in [4.78, 5) is 0. The number of fused-ring (bicyclic) bond motifs is 2. The Morgan fingerprint density at radius 3 is 2.77 bits per heavy atom. The fraction of sp³-hybridized carbons (Fsp3) is 0.538. The number of hydrogen-bond donors (Lipinski definition) is 0. The van der Waals surface area contributed by atoms with Gasteiger partial charge in [-0.15, -0.1) is 0 Å². The highest BCUT2D eigenvalue weighted by atomic mass is 14.4. The highest BCUT2D eigenvalue weighted by Gasteiger charge is 2.33. The van der Waals surface area contributed by atoms with Gasteiger partial charge in [-0.05, 0) is 43.4 Å². The molecule has 68 valence electrons. The third-order valence-corrected chi connectivity index (χ3v) is 3.72. The first-order chi connectivity index (χ1) is 6.43. The van der Waals surface area contributed by atoms with E-state index in [-0.39, 0.29) is 0 Å². The molecule has 3 aliphatic rings. The molecule has 2 bridgehead atoms. The second-order valence-electron chi connectivity index (χ2n) is 4.57. The maximum atomic E-state index is 2.52. The first-order valence-electron chi connectivity index (χ1n) is 5.49. The Labute approximate surface area is 80.0 Å². The molecule has 3 aliphatic carbocycles. The van der Waals surface area contributed by atoms with Gasteiger partial charge in [-0.25, -0.2) is 0 Å². The summed E-state index contributed by atoms with van der Waals surface area (Å²) < 4.78 is 0. The van der Waals surface area contributed by atoms with E-state index in [4.69, 9.17) is 0 Å². The van der Waals surface area contributed by atoms with Crippen LogP contribution >= 0.6 is 0 Å². The van der Waals surface area contributed by atoms with Crippen LogP contribution in [0.1, 0.15) is 25.7 Å². The van der Waals surface area contributed by atoms with E-state index in [1.165, 1.54) is 25.7 Å². The average Bonchev–Trinajstić information content (AvgIpc) is 2.80. The van der Waals surface area contributed by atoms with Crippen LogP contribution in [0.4, 0.5) is 0 Å². The van der Waals surface area contributed by atoms with E-state index in [1.807, 2.05) is 0 Å². The zero-order valence-corrected chi connectivity index (χ0v) is 7.95. The van der Waals surface area contributed by atoms with Crippen LogP contribution in [-0.2, 0) is 0 Å². The van der Waals surface area contributed by atoms with Gasteiger partial charge in [0, 0.05) is 0 Å². The Morgan fingerprint density at radius 1 is 1.15 bits per heavy atom. The molecule has 0 aromatic carbocycles. The zero-order valence-electron chi connectivity index (χ0n) is 7.95. The molecule has 0 spiro atoms. The lowest BCUT2D eigenvalue weighted by atomic mass is 9.79. The molecular weight excluding hydrogens is 156 g/mol. The minimum atomic E-state index is 0.844. The molecule has 3 atom stereocenters. The topological polar surface area (TPSA) is 0 Å². The Hall–Kier alpha value is -0.780. The largest absolute Gasteiger partial charge is 0.0882 e. The summed E-state index contributed by atoms with van der Waals surface area (Å²) in [5, 5.41) is 0. The van der Waals surface area contributed by atoms with Crippen LogP contribution in [0.25, 0.3) is 0 Å². The quantitative estimate of drug-likeness (QED) is 0.531. The molecule has 0 nitrogen and oxygen atoms in total. The lowest BCUT2D eigenvalue weighted by Crippen LogP contribution is -2.17. The minimum Gasteiger partial charge on any atom is -0.0882 e. The van der Waals surface area contributed by atoms with Crippen LogP contribution in [0.3, 0.4) is 0 Å². The van der Waals surface area contributed by atoms with Crippen molar-refractivity contribution < 1.29 is 0 Å². The van der Waals surface area contributed by atoms with Crippen molar-refractivity contribution in [3.8, 4) is 0 Å². The molecule has 3 rings (SSSR count). The highest BCUT2D eigenvalue weighted by molar-refractivity contribution is 5.35. The van der Waals surface area contributed by atoms with E-state index >= 15 is 0 Å². The van der Waals surface area contributed by atoms with Crippen LogP contribution in [0.15, 0.2) is 36.0 Å². The molecule has 0 aromatic heterocycles. The van der Waals surface area contributed by atoms with Gasteiger partial charge in [0.1, 0.15) is 0 Å². The Bertz CT molecular complexity index is 293. The summed E-state index contributed by atoms with van der Waals surface area (Å²) in [7, 11) is 0. The van der Waals surface area contributed by atoms with Crippen LogP contribution in [0, 0.1) is 17.8 Å². The SMILES string of the molecule is C1=CC(C2C=C3C=CC2C3)CCC1. The third-order valence-electron chi connectivity index (χ3n) is 3.72. The lowest BCUT2D eigenvalue weighted by Gasteiger charge is -2.26. The smallest absolute Gasteiger partial charge is 0.00984 e. The Kier molecular flexibility index (Phi) is 1.68. The van der Waals surface area contributed by atoms with Crippen molar-refractivity contribution in [2.45, 2.75) is 25.7 Å². The predicted molar refractivity (Wildman–Crippen MR) is 55.3 cm³/mol. The number of allylic oxidation sites excluding steroid dienone is 6. The van der Waals surface area contributed by atoms with Crippen LogP contribution in [0.2, 0.25) is 0 Å². The maximum Gasteiger partial charge on any atom is -0.00984 e. The standard InChI is InChI=1S/C13H16/c1-2-4-11(5-3-1)13-9-10-6-7-12(13)8-10/h2,4,6-7,9,11-13H,1,3,5,8H2. The molecule has 3 unspecified atom stereocenters. The number of hydrogen-bond acceptors (Lipinski definition) is 0. The van der Waals surface area contributed by atoms with Gasteiger partial charge in [0.05, 0.1) is 0 Å². The van der Waals surface area contributed by atoms with E-state index in [0.717, 1.165) is 17.8 Å². The summed E-state index contributed by atoms with van der Waals surface area (Å²) in [5.74, 6) is 2.54. The van der Waals surface area contributed by atoms with Crippen LogP contribution in [-0.4, -0.2) is 0 Å². The fourth-order valence-electron chi connectivity index (χ4n) is 3.01. The second kappa shape index (κ2) is 2.87. The monoisotopic (exact) mass is 172 g/mol. The molecule has 0 aliphatic heterocycles. The molecule has 0 saturated heterocycles. The Morgan fingerprint density at radius 2 is 2.15 bits per heavy atom. The van der Waals surface area contributed by atoms with Crippen LogP contribution in [0.5, 0.6) is 0 Å². The minimum absolute atomic E-state index is 0.844.